The van der Waals surface area contributed by atoms with Gasteiger partial charge in [0.05, 0.1) is 11.6 Å². The number of benzene rings is 3. The van der Waals surface area contributed by atoms with Gasteiger partial charge < -0.3 is 15.2 Å². The molecule has 29 heavy (non-hydrogen) atoms. The molecule has 0 aliphatic rings. The largest absolute Gasteiger partial charge is 0.508 e. The van der Waals surface area contributed by atoms with Crippen molar-refractivity contribution in [3.8, 4) is 17.6 Å². The van der Waals surface area contributed by atoms with Crippen LogP contribution in [-0.4, -0.2) is 11.0 Å². The zero-order valence-corrected chi connectivity index (χ0v) is 16.7. The molecule has 2 N–H and O–H groups in total. The normalized spacial score (nSPS) is 10.2. The highest BCUT2D eigenvalue weighted by Crippen LogP contribution is 2.22. The first-order valence-corrected chi connectivity index (χ1v) is 9.38. The molecule has 0 atom stereocenters. The second kappa shape index (κ2) is 9.33. The zero-order valence-electron chi connectivity index (χ0n) is 15.2. The summed E-state index contributed by atoms with van der Waals surface area (Å²) in [4.78, 5) is 12.4. The van der Waals surface area contributed by atoms with Crippen molar-refractivity contribution in [3.63, 3.8) is 0 Å². The number of aromatic hydroxyl groups is 1. The van der Waals surface area contributed by atoms with Gasteiger partial charge in [0, 0.05) is 27.7 Å². The second-order valence-electron chi connectivity index (χ2n) is 6.23. The fraction of sp³-hybridized carbons (Fsp3) is 0.0909. The number of halogens is 2. The van der Waals surface area contributed by atoms with Gasteiger partial charge in [-0.05, 0) is 54.1 Å². The highest BCUT2D eigenvalue weighted by atomic mass is 35.5. The van der Waals surface area contributed by atoms with E-state index in [1.165, 1.54) is 6.07 Å². The minimum Gasteiger partial charge on any atom is -0.508 e. The third-order valence-corrected chi connectivity index (χ3v) is 4.51. The van der Waals surface area contributed by atoms with Crippen LogP contribution >= 0.6 is 23.2 Å². The van der Waals surface area contributed by atoms with Gasteiger partial charge in [-0.25, -0.2) is 0 Å². The molecule has 0 fully saturated rings. The molecule has 3 aromatic rings. The fourth-order valence-electron chi connectivity index (χ4n) is 2.65. The number of hydrogen-bond donors (Lipinski definition) is 2. The Morgan fingerprint density at radius 1 is 1.07 bits per heavy atom. The molecule has 146 valence electrons. The van der Waals surface area contributed by atoms with Gasteiger partial charge >= 0.3 is 0 Å². The molecule has 3 aromatic carbocycles. The molecule has 3 rings (SSSR count). The number of nitrogens with one attached hydrogen (secondary N) is 1. The van der Waals surface area contributed by atoms with Crippen molar-refractivity contribution in [1.29, 1.82) is 5.26 Å². The number of nitrogens with zero attached hydrogens (tertiary/aromatic N) is 1. The lowest BCUT2D eigenvalue weighted by Gasteiger charge is -2.10. The first-order chi connectivity index (χ1) is 13.9. The number of nitriles is 1. The Bertz CT molecular complexity index is 1070. The molecule has 5 nitrogen and oxygen atoms in total. The maximum Gasteiger partial charge on any atom is 0.251 e. The molecule has 0 saturated carbocycles. The van der Waals surface area contributed by atoms with Crippen molar-refractivity contribution in [3.05, 3.63) is 93.0 Å². The monoisotopic (exact) mass is 426 g/mol. The van der Waals surface area contributed by atoms with Gasteiger partial charge in [0.1, 0.15) is 18.1 Å². The highest BCUT2D eigenvalue weighted by molar-refractivity contribution is 6.34. The van der Waals surface area contributed by atoms with E-state index in [0.717, 1.165) is 5.56 Å². The molecular formula is C22H16Cl2N2O3. The first-order valence-electron chi connectivity index (χ1n) is 8.62. The summed E-state index contributed by atoms with van der Waals surface area (Å²) in [5.41, 5.74) is 2.10. The lowest BCUT2D eigenvalue weighted by molar-refractivity contribution is 0.0950. The van der Waals surface area contributed by atoms with E-state index in [9.17, 15) is 9.90 Å². The van der Waals surface area contributed by atoms with Crippen molar-refractivity contribution in [2.75, 3.05) is 0 Å². The van der Waals surface area contributed by atoms with E-state index in [-0.39, 0.29) is 24.8 Å². The second-order valence-corrected chi connectivity index (χ2v) is 7.11. The van der Waals surface area contributed by atoms with Crippen LogP contribution in [0.2, 0.25) is 10.0 Å². The molecule has 0 aromatic heterocycles. The van der Waals surface area contributed by atoms with Crippen molar-refractivity contribution >= 4 is 29.1 Å². The molecule has 0 unspecified atom stereocenters. The van der Waals surface area contributed by atoms with Crippen LogP contribution in [0, 0.1) is 11.3 Å². The summed E-state index contributed by atoms with van der Waals surface area (Å²) >= 11 is 12.0. The molecule has 0 aliphatic heterocycles. The smallest absolute Gasteiger partial charge is 0.251 e. The predicted molar refractivity (Wildman–Crippen MR) is 111 cm³/mol. The van der Waals surface area contributed by atoms with E-state index in [0.29, 0.717) is 32.5 Å². The van der Waals surface area contributed by atoms with Gasteiger partial charge in [-0.1, -0.05) is 35.3 Å². The number of phenols is 1. The van der Waals surface area contributed by atoms with Gasteiger partial charge in [0.2, 0.25) is 0 Å². The Morgan fingerprint density at radius 2 is 1.83 bits per heavy atom. The number of amides is 1. The molecule has 0 radical (unpaired) electrons. The van der Waals surface area contributed by atoms with E-state index >= 15 is 0 Å². The predicted octanol–water partition coefficient (Wildman–Crippen LogP) is 5.08. The summed E-state index contributed by atoms with van der Waals surface area (Å²) in [6, 6.07) is 18.4. The van der Waals surface area contributed by atoms with Crippen LogP contribution in [0.1, 0.15) is 27.0 Å². The highest BCUT2D eigenvalue weighted by Gasteiger charge is 2.09. The Balaban J connectivity index is 1.62. The van der Waals surface area contributed by atoms with Crippen molar-refractivity contribution in [1.82, 2.24) is 5.32 Å². The van der Waals surface area contributed by atoms with Crippen molar-refractivity contribution in [2.45, 2.75) is 13.2 Å². The average molecular weight is 427 g/mol. The Hall–Kier alpha value is -3.20. The van der Waals surface area contributed by atoms with Gasteiger partial charge in [0.25, 0.3) is 5.91 Å². The van der Waals surface area contributed by atoms with Gasteiger partial charge in [-0.15, -0.1) is 0 Å². The van der Waals surface area contributed by atoms with Crippen LogP contribution in [0.5, 0.6) is 11.5 Å². The van der Waals surface area contributed by atoms with Crippen LogP contribution in [0.15, 0.2) is 60.7 Å². The quantitative estimate of drug-likeness (QED) is 0.575. The Kier molecular flexibility index (Phi) is 6.61. The minimum atomic E-state index is -0.315. The SMILES string of the molecule is N#Cc1ccc(CNC(=O)c2cccc(OCc3cc(Cl)cc(Cl)c3)c2)c(O)c1. The number of carbonyl (C=O) groups excluding carboxylic acids is 1. The van der Waals surface area contributed by atoms with Crippen LogP contribution in [0.4, 0.5) is 0 Å². The number of hydrogen-bond acceptors (Lipinski definition) is 4. The van der Waals surface area contributed by atoms with Gasteiger partial charge in [-0.2, -0.15) is 5.26 Å². The minimum absolute atomic E-state index is 0.0402. The fourth-order valence-corrected chi connectivity index (χ4v) is 3.22. The molecule has 1 amide bonds. The molecule has 7 heteroatoms. The van der Waals surface area contributed by atoms with Crippen LogP contribution in [0.25, 0.3) is 0 Å². The zero-order chi connectivity index (χ0) is 20.8. The summed E-state index contributed by atoms with van der Waals surface area (Å²) < 4.78 is 5.73. The van der Waals surface area contributed by atoms with E-state index in [1.54, 1.807) is 54.6 Å². The number of phenolic OH excluding ortho intramolecular Hbond substituents is 1. The van der Waals surface area contributed by atoms with E-state index in [2.05, 4.69) is 5.32 Å². The maximum absolute atomic E-state index is 12.4. The van der Waals surface area contributed by atoms with Crippen molar-refractivity contribution in [2.24, 2.45) is 0 Å². The van der Waals surface area contributed by atoms with E-state index in [1.807, 2.05) is 6.07 Å². The number of ether oxygens (including phenoxy) is 1. The van der Waals surface area contributed by atoms with Crippen molar-refractivity contribution < 1.29 is 14.6 Å². The summed E-state index contributed by atoms with van der Waals surface area (Å²) in [5, 5.41) is 22.5. The topological polar surface area (TPSA) is 82.4 Å². The Labute approximate surface area is 178 Å². The molecule has 0 bridgehead atoms. The summed E-state index contributed by atoms with van der Waals surface area (Å²) in [5.74, 6) is 0.168. The molecule has 0 spiro atoms. The number of carbonyl (C=O) groups is 1. The molecular weight excluding hydrogens is 411 g/mol. The summed E-state index contributed by atoms with van der Waals surface area (Å²) in [7, 11) is 0. The van der Waals surface area contributed by atoms with Crippen LogP contribution < -0.4 is 10.1 Å². The van der Waals surface area contributed by atoms with Gasteiger partial charge in [-0.3, -0.25) is 4.79 Å². The average Bonchev–Trinajstić information content (AvgIpc) is 2.70. The third kappa shape index (κ3) is 5.64. The van der Waals surface area contributed by atoms with E-state index in [4.69, 9.17) is 33.2 Å². The van der Waals surface area contributed by atoms with Crippen LogP contribution in [-0.2, 0) is 13.2 Å². The summed E-state index contributed by atoms with van der Waals surface area (Å²) in [6.07, 6.45) is 0. The Morgan fingerprint density at radius 3 is 2.52 bits per heavy atom. The molecule has 0 saturated heterocycles. The van der Waals surface area contributed by atoms with Gasteiger partial charge in [0.15, 0.2) is 0 Å². The third-order valence-electron chi connectivity index (χ3n) is 4.08. The number of rotatable bonds is 6. The lowest BCUT2D eigenvalue weighted by atomic mass is 10.1. The lowest BCUT2D eigenvalue weighted by Crippen LogP contribution is -2.22. The first kappa shape index (κ1) is 20.5. The summed E-state index contributed by atoms with van der Waals surface area (Å²) in [6.45, 7) is 0.382. The maximum atomic E-state index is 12.4. The molecule has 0 aliphatic carbocycles. The van der Waals surface area contributed by atoms with E-state index < -0.39 is 0 Å². The van der Waals surface area contributed by atoms with Crippen LogP contribution in [0.3, 0.4) is 0 Å². The molecule has 0 heterocycles. The standard InChI is InChI=1S/C22H16Cl2N2O3/c23-18-6-15(7-19(24)10-18)13-29-20-3-1-2-16(9-20)22(28)26-12-17-5-4-14(11-25)8-21(17)27/h1-10,27H,12-13H2,(H,26,28).